The van der Waals surface area contributed by atoms with Crippen molar-refractivity contribution in [3.05, 3.63) is 118 Å². The molecule has 0 saturated heterocycles. The maximum atomic E-state index is 15.3. The minimum absolute atomic E-state index is 0.0300. The van der Waals surface area contributed by atoms with Crippen LogP contribution in [0.15, 0.2) is 95.7 Å². The SMILES string of the molecule is CC(NCCS(=O)(=O)c1ccccn1)c1nc(-c2cc3c(Nc4ccc(OCc5cccc(F)c5)c(Cl)c4)ncnc3cc2F)cs1. The third kappa shape index (κ3) is 7.71. The van der Waals surface area contributed by atoms with Gasteiger partial charge >= 0.3 is 0 Å². The fourth-order valence-corrected chi connectivity index (χ4v) is 6.93. The Bertz CT molecular complexity index is 2150. The van der Waals surface area contributed by atoms with Gasteiger partial charge in [-0.3, -0.25) is 0 Å². The minimum atomic E-state index is -3.53. The van der Waals surface area contributed by atoms with Crippen LogP contribution in [-0.2, 0) is 16.4 Å². The maximum Gasteiger partial charge on any atom is 0.196 e. The molecule has 0 bridgehead atoms. The van der Waals surface area contributed by atoms with Gasteiger partial charge in [0, 0.05) is 40.8 Å². The van der Waals surface area contributed by atoms with Crippen LogP contribution in [-0.4, -0.2) is 40.7 Å². The molecule has 14 heteroatoms. The summed E-state index contributed by atoms with van der Waals surface area (Å²) in [4.78, 5) is 17.2. The zero-order valence-corrected chi connectivity index (χ0v) is 27.2. The summed E-state index contributed by atoms with van der Waals surface area (Å²) in [6, 6.07) is 18.7. The Kier molecular flexibility index (Phi) is 9.68. The zero-order chi connectivity index (χ0) is 33.0. The van der Waals surface area contributed by atoms with Gasteiger partial charge in [-0.15, -0.1) is 11.3 Å². The third-order valence-corrected chi connectivity index (χ3v) is 10.1. The highest BCUT2D eigenvalue weighted by Gasteiger charge is 2.19. The molecular weight excluding hydrogens is 666 g/mol. The Morgan fingerprint density at radius 1 is 1.00 bits per heavy atom. The number of hydrogen-bond acceptors (Lipinski definition) is 10. The molecule has 0 spiro atoms. The highest BCUT2D eigenvalue weighted by Crippen LogP contribution is 2.34. The fourth-order valence-electron chi connectivity index (χ4n) is 4.74. The number of pyridine rings is 1. The van der Waals surface area contributed by atoms with Crippen LogP contribution < -0.4 is 15.4 Å². The number of fused-ring (bicyclic) bond motifs is 1. The zero-order valence-electron chi connectivity index (χ0n) is 24.8. The van der Waals surface area contributed by atoms with E-state index in [1.807, 2.05) is 6.92 Å². The van der Waals surface area contributed by atoms with Gasteiger partial charge in [-0.05, 0) is 61.0 Å². The number of nitrogens with zero attached hydrogens (tertiary/aromatic N) is 4. The van der Waals surface area contributed by atoms with E-state index in [1.165, 1.54) is 48.1 Å². The summed E-state index contributed by atoms with van der Waals surface area (Å²) in [5.41, 5.74) is 2.37. The van der Waals surface area contributed by atoms with Crippen molar-refractivity contribution in [1.82, 2.24) is 25.3 Å². The lowest BCUT2D eigenvalue weighted by atomic mass is 10.1. The number of sulfone groups is 1. The van der Waals surface area contributed by atoms with E-state index in [9.17, 15) is 12.8 Å². The quantitative estimate of drug-likeness (QED) is 0.134. The number of halogens is 3. The van der Waals surface area contributed by atoms with Crippen molar-refractivity contribution in [2.45, 2.75) is 24.6 Å². The van der Waals surface area contributed by atoms with Crippen LogP contribution in [0.25, 0.3) is 22.2 Å². The van der Waals surface area contributed by atoms with E-state index in [0.717, 1.165) is 0 Å². The Morgan fingerprint density at radius 3 is 2.66 bits per heavy atom. The van der Waals surface area contributed by atoms with E-state index >= 15 is 4.39 Å². The van der Waals surface area contributed by atoms with Gasteiger partial charge in [-0.25, -0.2) is 37.1 Å². The van der Waals surface area contributed by atoms with Crippen LogP contribution >= 0.6 is 22.9 Å². The predicted molar refractivity (Wildman–Crippen MR) is 179 cm³/mol. The summed E-state index contributed by atoms with van der Waals surface area (Å²) in [7, 11) is -3.53. The Balaban J connectivity index is 1.16. The van der Waals surface area contributed by atoms with Crippen LogP contribution in [0.5, 0.6) is 5.75 Å². The van der Waals surface area contributed by atoms with Gasteiger partial charge in [-0.2, -0.15) is 0 Å². The van der Waals surface area contributed by atoms with Gasteiger partial charge in [0.05, 0.1) is 28.0 Å². The van der Waals surface area contributed by atoms with Gasteiger partial charge in [0.25, 0.3) is 0 Å². The highest BCUT2D eigenvalue weighted by molar-refractivity contribution is 7.91. The van der Waals surface area contributed by atoms with Crippen LogP contribution in [0.2, 0.25) is 5.02 Å². The number of rotatable bonds is 12. The second kappa shape index (κ2) is 14.1. The third-order valence-electron chi connectivity index (χ3n) is 7.15. The molecule has 0 radical (unpaired) electrons. The molecule has 6 aromatic rings. The smallest absolute Gasteiger partial charge is 0.196 e. The molecule has 1 unspecified atom stereocenters. The van der Waals surface area contributed by atoms with Gasteiger partial charge in [0.2, 0.25) is 0 Å². The molecule has 0 aliphatic heterocycles. The highest BCUT2D eigenvalue weighted by atomic mass is 35.5. The minimum Gasteiger partial charge on any atom is -0.487 e. The van der Waals surface area contributed by atoms with E-state index in [0.29, 0.717) is 49.4 Å². The molecule has 47 heavy (non-hydrogen) atoms. The number of anilines is 2. The number of aromatic nitrogens is 4. The first-order valence-electron chi connectivity index (χ1n) is 14.4. The normalized spacial score (nSPS) is 12.3. The Morgan fingerprint density at radius 2 is 1.87 bits per heavy atom. The lowest BCUT2D eigenvalue weighted by molar-refractivity contribution is 0.306. The largest absolute Gasteiger partial charge is 0.487 e. The van der Waals surface area contributed by atoms with Crippen molar-refractivity contribution in [2.24, 2.45) is 0 Å². The van der Waals surface area contributed by atoms with E-state index in [-0.39, 0.29) is 41.4 Å². The lowest BCUT2D eigenvalue weighted by Gasteiger charge is -2.13. The Labute approximate surface area is 278 Å². The number of nitrogens with one attached hydrogen (secondary N) is 2. The Hall–Kier alpha value is -4.56. The maximum absolute atomic E-state index is 15.3. The van der Waals surface area contributed by atoms with Crippen molar-refractivity contribution in [1.29, 1.82) is 0 Å². The first-order valence-corrected chi connectivity index (χ1v) is 17.3. The second-order valence-electron chi connectivity index (χ2n) is 10.5. The summed E-state index contributed by atoms with van der Waals surface area (Å²) < 4.78 is 59.7. The van der Waals surface area contributed by atoms with Crippen molar-refractivity contribution in [3.63, 3.8) is 0 Å². The van der Waals surface area contributed by atoms with Crippen molar-refractivity contribution >= 4 is 55.2 Å². The van der Waals surface area contributed by atoms with Crippen molar-refractivity contribution < 1.29 is 21.9 Å². The second-order valence-corrected chi connectivity index (χ2v) is 13.8. The molecule has 3 heterocycles. The van der Waals surface area contributed by atoms with Crippen molar-refractivity contribution in [2.75, 3.05) is 17.6 Å². The number of ether oxygens (including phenoxy) is 1. The van der Waals surface area contributed by atoms with Crippen LogP contribution in [0.1, 0.15) is 23.5 Å². The van der Waals surface area contributed by atoms with E-state index in [4.69, 9.17) is 16.3 Å². The fraction of sp³-hybridized carbons (Fsp3) is 0.152. The molecule has 0 amide bonds. The predicted octanol–water partition coefficient (Wildman–Crippen LogP) is 7.53. The number of thiazole rings is 1. The molecule has 240 valence electrons. The van der Waals surface area contributed by atoms with Crippen molar-refractivity contribution in [3.8, 4) is 17.0 Å². The van der Waals surface area contributed by atoms with E-state index < -0.39 is 15.7 Å². The number of benzene rings is 3. The van der Waals surface area contributed by atoms with Crippen LogP contribution in [0.3, 0.4) is 0 Å². The van der Waals surface area contributed by atoms with Gasteiger partial charge in [-0.1, -0.05) is 29.8 Å². The average Bonchev–Trinajstić information content (AvgIpc) is 3.55. The summed E-state index contributed by atoms with van der Waals surface area (Å²) in [6.45, 7) is 2.21. The van der Waals surface area contributed by atoms with Crippen LogP contribution in [0, 0.1) is 11.6 Å². The summed E-state index contributed by atoms with van der Waals surface area (Å²) >= 11 is 7.82. The summed E-state index contributed by atoms with van der Waals surface area (Å²) in [6.07, 6.45) is 2.78. The number of hydrogen-bond donors (Lipinski definition) is 2. The van der Waals surface area contributed by atoms with Gasteiger partial charge in [0.1, 0.15) is 41.1 Å². The van der Waals surface area contributed by atoms with E-state index in [1.54, 1.807) is 53.9 Å². The van der Waals surface area contributed by atoms with Gasteiger partial charge < -0.3 is 15.4 Å². The summed E-state index contributed by atoms with van der Waals surface area (Å²) in [5.74, 6) is -0.112. The van der Waals surface area contributed by atoms with Gasteiger partial charge in [0.15, 0.2) is 14.9 Å². The molecule has 0 fully saturated rings. The molecule has 1 atom stereocenters. The molecule has 3 aromatic carbocycles. The molecule has 0 saturated carbocycles. The molecule has 6 rings (SSSR count). The topological polar surface area (TPSA) is 119 Å². The van der Waals surface area contributed by atoms with Crippen LogP contribution in [0.4, 0.5) is 20.3 Å². The standard InChI is InChI=1S/C33H27ClF2N6O3S2/c1-20(37-11-12-47(43,44)31-7-2-3-10-38-31)33-42-29(18-46-33)24-15-25-28(16-27(24)36)39-19-40-32(25)41-23-8-9-30(26(34)14-23)45-17-21-5-4-6-22(35)13-21/h2-10,13-16,18-20,37H,11-12,17H2,1H3,(H,39,40,41). The molecule has 2 N–H and O–H groups in total. The van der Waals surface area contributed by atoms with E-state index in [2.05, 4.69) is 30.6 Å². The monoisotopic (exact) mass is 692 g/mol. The average molecular weight is 693 g/mol. The first-order chi connectivity index (χ1) is 22.7. The molecule has 0 aliphatic carbocycles. The molecule has 0 aliphatic rings. The molecular formula is C33H27ClF2N6O3S2. The molecule has 3 aromatic heterocycles. The lowest BCUT2D eigenvalue weighted by Crippen LogP contribution is -2.26. The first kappa shape index (κ1) is 32.4. The summed E-state index contributed by atoms with van der Waals surface area (Å²) in [5, 5.41) is 9.75. The molecule has 9 nitrogen and oxygen atoms in total.